The van der Waals surface area contributed by atoms with Gasteiger partial charge in [-0.05, 0) is 49.9 Å². The third kappa shape index (κ3) is 7.79. The molecule has 0 radical (unpaired) electrons. The Balaban J connectivity index is 0.00000363. The average Bonchev–Trinajstić information content (AvgIpc) is 3.18. The predicted octanol–water partition coefficient (Wildman–Crippen LogP) is 4.33. The van der Waals surface area contributed by atoms with Crippen LogP contribution in [-0.4, -0.2) is 48.4 Å². The van der Waals surface area contributed by atoms with E-state index < -0.39 is 6.10 Å². The van der Waals surface area contributed by atoms with Crippen molar-refractivity contribution in [3.05, 3.63) is 71.4 Å². The number of aliphatic hydroxyl groups excluding tert-OH is 1. The number of aromatic amines is 1. The zero-order valence-corrected chi connectivity index (χ0v) is 21.4. The van der Waals surface area contributed by atoms with Crippen LogP contribution in [0.1, 0.15) is 36.6 Å². The van der Waals surface area contributed by atoms with Gasteiger partial charge in [-0.2, -0.15) is 0 Å². The standard InChI is InChI=1S/C25H34N4O2.HI/c1-4-26-25(27-13-12-21-15-28-24-14-18(2)10-11-23(21)24)29-16-22(30)17-31-19(3)20-8-6-5-7-9-20;/h5-11,14-15,19,22,28,30H,4,12-13,16-17H2,1-3H3,(H2,26,27,29);1H. The number of benzene rings is 2. The molecule has 7 heteroatoms. The predicted molar refractivity (Wildman–Crippen MR) is 143 cm³/mol. The summed E-state index contributed by atoms with van der Waals surface area (Å²) >= 11 is 0. The lowest BCUT2D eigenvalue weighted by Crippen LogP contribution is -2.39. The number of hydrogen-bond donors (Lipinski definition) is 4. The van der Waals surface area contributed by atoms with Crippen molar-refractivity contribution < 1.29 is 9.84 Å². The van der Waals surface area contributed by atoms with Gasteiger partial charge >= 0.3 is 0 Å². The Morgan fingerprint density at radius 1 is 1.16 bits per heavy atom. The second-order valence-electron chi connectivity index (χ2n) is 7.80. The van der Waals surface area contributed by atoms with E-state index in [1.165, 1.54) is 22.0 Å². The first-order valence-corrected chi connectivity index (χ1v) is 11.0. The monoisotopic (exact) mass is 550 g/mol. The van der Waals surface area contributed by atoms with Crippen molar-refractivity contribution in [3.63, 3.8) is 0 Å². The number of aliphatic hydroxyl groups is 1. The van der Waals surface area contributed by atoms with Crippen molar-refractivity contribution in [2.24, 2.45) is 4.99 Å². The van der Waals surface area contributed by atoms with Gasteiger partial charge in [-0.3, -0.25) is 4.99 Å². The summed E-state index contributed by atoms with van der Waals surface area (Å²) in [6, 6.07) is 16.5. The van der Waals surface area contributed by atoms with E-state index in [-0.39, 0.29) is 43.2 Å². The Labute approximate surface area is 207 Å². The molecule has 2 aromatic carbocycles. The number of fused-ring (bicyclic) bond motifs is 1. The molecule has 3 aromatic rings. The Hall–Kier alpha value is -2.10. The van der Waals surface area contributed by atoms with E-state index in [1.54, 1.807) is 0 Å². The van der Waals surface area contributed by atoms with Crippen LogP contribution in [0.25, 0.3) is 10.9 Å². The number of hydrogen-bond acceptors (Lipinski definition) is 3. The molecule has 2 atom stereocenters. The topological polar surface area (TPSA) is 81.7 Å². The molecule has 0 saturated carbocycles. The molecule has 32 heavy (non-hydrogen) atoms. The summed E-state index contributed by atoms with van der Waals surface area (Å²) in [5.74, 6) is 0.702. The summed E-state index contributed by atoms with van der Waals surface area (Å²) in [5, 5.41) is 18.1. The molecule has 6 nitrogen and oxygen atoms in total. The highest BCUT2D eigenvalue weighted by molar-refractivity contribution is 14.0. The van der Waals surface area contributed by atoms with Gasteiger partial charge in [0.25, 0.3) is 0 Å². The second kappa shape index (κ2) is 13.4. The highest BCUT2D eigenvalue weighted by atomic mass is 127. The Bertz CT molecular complexity index is 974. The molecule has 1 aromatic heterocycles. The Morgan fingerprint density at radius 3 is 2.69 bits per heavy atom. The maximum absolute atomic E-state index is 10.3. The maximum Gasteiger partial charge on any atom is 0.191 e. The highest BCUT2D eigenvalue weighted by Gasteiger charge is 2.10. The molecule has 4 N–H and O–H groups in total. The third-order valence-electron chi connectivity index (χ3n) is 5.22. The lowest BCUT2D eigenvalue weighted by molar-refractivity contribution is 0.00112. The van der Waals surface area contributed by atoms with Crippen molar-refractivity contribution in [2.75, 3.05) is 26.2 Å². The van der Waals surface area contributed by atoms with Crippen molar-refractivity contribution in [3.8, 4) is 0 Å². The Kier molecular flexibility index (Phi) is 11.0. The third-order valence-corrected chi connectivity index (χ3v) is 5.22. The maximum atomic E-state index is 10.3. The number of aliphatic imine (C=N–C) groups is 1. The quantitative estimate of drug-likeness (QED) is 0.172. The van der Waals surface area contributed by atoms with Gasteiger partial charge in [0.1, 0.15) is 0 Å². The minimum absolute atomic E-state index is 0. The van der Waals surface area contributed by atoms with Gasteiger partial charge in [0.05, 0.1) is 25.4 Å². The van der Waals surface area contributed by atoms with Gasteiger partial charge < -0.3 is 25.5 Å². The van der Waals surface area contributed by atoms with Crippen LogP contribution >= 0.6 is 24.0 Å². The van der Waals surface area contributed by atoms with E-state index >= 15 is 0 Å². The van der Waals surface area contributed by atoms with Crippen LogP contribution in [0.3, 0.4) is 0 Å². The number of H-pyrrole nitrogens is 1. The molecule has 0 aliphatic heterocycles. The van der Waals surface area contributed by atoms with E-state index in [0.717, 1.165) is 25.1 Å². The van der Waals surface area contributed by atoms with Crippen molar-refractivity contribution in [1.82, 2.24) is 15.6 Å². The number of nitrogens with zero attached hydrogens (tertiary/aromatic N) is 1. The van der Waals surface area contributed by atoms with E-state index in [0.29, 0.717) is 5.96 Å². The molecule has 0 aliphatic rings. The van der Waals surface area contributed by atoms with Gasteiger partial charge in [0.2, 0.25) is 0 Å². The molecule has 0 saturated heterocycles. The molecule has 0 spiro atoms. The van der Waals surface area contributed by atoms with E-state index in [9.17, 15) is 5.11 Å². The highest BCUT2D eigenvalue weighted by Crippen LogP contribution is 2.19. The summed E-state index contributed by atoms with van der Waals surface area (Å²) in [4.78, 5) is 7.86. The lowest BCUT2D eigenvalue weighted by atomic mass is 10.1. The molecule has 2 unspecified atom stereocenters. The molecule has 0 amide bonds. The van der Waals surface area contributed by atoms with Gasteiger partial charge in [0.15, 0.2) is 5.96 Å². The fourth-order valence-corrected chi connectivity index (χ4v) is 3.49. The lowest BCUT2D eigenvalue weighted by Gasteiger charge is -2.16. The minimum atomic E-state index is -0.654. The van der Waals surface area contributed by atoms with Crippen LogP contribution in [0.5, 0.6) is 0 Å². The van der Waals surface area contributed by atoms with Crippen LogP contribution in [0.4, 0.5) is 0 Å². The largest absolute Gasteiger partial charge is 0.389 e. The molecule has 174 valence electrons. The summed E-state index contributed by atoms with van der Waals surface area (Å²) in [7, 11) is 0. The van der Waals surface area contributed by atoms with Gasteiger partial charge in [-0.25, -0.2) is 0 Å². The fraction of sp³-hybridized carbons (Fsp3) is 0.400. The SMILES string of the molecule is CCNC(=NCC(O)COC(C)c1ccccc1)NCCc1c[nH]c2cc(C)ccc12.I. The van der Waals surface area contributed by atoms with Crippen LogP contribution < -0.4 is 10.6 Å². The Morgan fingerprint density at radius 2 is 1.94 bits per heavy atom. The van der Waals surface area contributed by atoms with Gasteiger partial charge in [-0.15, -0.1) is 24.0 Å². The first-order valence-electron chi connectivity index (χ1n) is 11.0. The average molecular weight is 550 g/mol. The summed E-state index contributed by atoms with van der Waals surface area (Å²) < 4.78 is 5.80. The first-order chi connectivity index (χ1) is 15.1. The van der Waals surface area contributed by atoms with Crippen LogP contribution in [0.2, 0.25) is 0 Å². The minimum Gasteiger partial charge on any atom is -0.389 e. The zero-order valence-electron chi connectivity index (χ0n) is 19.1. The van der Waals surface area contributed by atoms with Crippen molar-refractivity contribution in [1.29, 1.82) is 0 Å². The number of ether oxygens (including phenoxy) is 1. The number of nitrogens with one attached hydrogen (secondary N) is 3. The normalized spacial score (nSPS) is 13.4. The van der Waals surface area contributed by atoms with Crippen LogP contribution in [0, 0.1) is 6.92 Å². The van der Waals surface area contributed by atoms with Crippen molar-refractivity contribution >= 4 is 40.8 Å². The molecule has 1 heterocycles. The van der Waals surface area contributed by atoms with Crippen LogP contribution in [-0.2, 0) is 11.2 Å². The molecule has 0 fully saturated rings. The summed E-state index contributed by atoms with van der Waals surface area (Å²) in [5.41, 5.74) is 4.80. The number of halogens is 1. The molecular weight excluding hydrogens is 515 g/mol. The number of aromatic nitrogens is 1. The molecule has 0 bridgehead atoms. The number of aryl methyl sites for hydroxylation is 1. The zero-order chi connectivity index (χ0) is 22.1. The van der Waals surface area contributed by atoms with E-state index in [1.807, 2.05) is 44.2 Å². The van der Waals surface area contributed by atoms with E-state index in [4.69, 9.17) is 4.74 Å². The van der Waals surface area contributed by atoms with Crippen LogP contribution in [0.15, 0.2) is 59.7 Å². The fourth-order valence-electron chi connectivity index (χ4n) is 3.49. The van der Waals surface area contributed by atoms with E-state index in [2.05, 4.69) is 51.9 Å². The van der Waals surface area contributed by atoms with Gasteiger partial charge in [0, 0.05) is 30.2 Å². The molecule has 0 aliphatic carbocycles. The molecule has 3 rings (SSSR count). The second-order valence-corrected chi connectivity index (χ2v) is 7.80. The summed E-state index contributed by atoms with van der Waals surface area (Å²) in [6.45, 7) is 8.16. The summed E-state index contributed by atoms with van der Waals surface area (Å²) in [6.07, 6.45) is 2.24. The number of guanidine groups is 1. The number of rotatable bonds is 10. The van der Waals surface area contributed by atoms with Gasteiger partial charge in [-0.1, -0.05) is 42.5 Å². The first kappa shape index (κ1) is 26.2. The van der Waals surface area contributed by atoms with Crippen molar-refractivity contribution in [2.45, 2.75) is 39.4 Å². The smallest absolute Gasteiger partial charge is 0.191 e. The molecular formula is C25H35IN4O2.